The van der Waals surface area contributed by atoms with Crippen molar-refractivity contribution >= 4 is 0 Å². The van der Waals surface area contributed by atoms with Crippen LogP contribution >= 0.6 is 0 Å². The number of nitrogens with zero attached hydrogens (tertiary/aromatic N) is 5. The van der Waals surface area contributed by atoms with Crippen molar-refractivity contribution in [1.82, 2.24) is 25.4 Å². The van der Waals surface area contributed by atoms with Gasteiger partial charge in [0.05, 0.1) is 5.69 Å². The van der Waals surface area contributed by atoms with Gasteiger partial charge in [-0.05, 0) is 36.0 Å². The van der Waals surface area contributed by atoms with Gasteiger partial charge >= 0.3 is 0 Å². The summed E-state index contributed by atoms with van der Waals surface area (Å²) in [5.74, 6) is 0.240. The van der Waals surface area contributed by atoms with Crippen LogP contribution in [0.2, 0.25) is 0 Å². The molecule has 0 aliphatic heterocycles. The van der Waals surface area contributed by atoms with E-state index in [2.05, 4.69) is 37.5 Å². The van der Waals surface area contributed by atoms with Crippen molar-refractivity contribution < 1.29 is 25.2 Å². The fourth-order valence-corrected chi connectivity index (χ4v) is 3.64. The number of pyridine rings is 1. The molecular formula is C31H21IrN5O-2. The van der Waals surface area contributed by atoms with E-state index in [1.165, 1.54) is 0 Å². The molecule has 0 aliphatic carbocycles. The molecule has 0 spiro atoms. The summed E-state index contributed by atoms with van der Waals surface area (Å²) in [5.41, 5.74) is 6.67. The van der Waals surface area contributed by atoms with E-state index < -0.39 is 0 Å². The van der Waals surface area contributed by atoms with Crippen LogP contribution in [-0.4, -0.2) is 30.5 Å². The number of aromatic hydroxyl groups is 1. The average molecular weight is 672 g/mol. The van der Waals surface area contributed by atoms with Gasteiger partial charge < -0.3 is 5.11 Å². The number of para-hydroxylation sites is 1. The molecule has 3 aromatic carbocycles. The summed E-state index contributed by atoms with van der Waals surface area (Å²) < 4.78 is 0. The first-order chi connectivity index (χ1) is 18.3. The Balaban J connectivity index is 0.000000173. The van der Waals surface area contributed by atoms with Gasteiger partial charge in [0.2, 0.25) is 0 Å². The van der Waals surface area contributed by atoms with E-state index in [-0.39, 0.29) is 25.9 Å². The minimum atomic E-state index is 0. The van der Waals surface area contributed by atoms with Crippen LogP contribution in [0.15, 0.2) is 122 Å². The number of aromatic nitrogens is 5. The molecule has 0 unspecified atom stereocenters. The van der Waals surface area contributed by atoms with Crippen molar-refractivity contribution in [3.8, 4) is 50.8 Å². The van der Waals surface area contributed by atoms with Crippen molar-refractivity contribution in [2.45, 2.75) is 0 Å². The molecule has 6 rings (SSSR count). The minimum Gasteiger partial charge on any atom is -0.507 e. The molecule has 187 valence electrons. The zero-order chi connectivity index (χ0) is 25.3. The summed E-state index contributed by atoms with van der Waals surface area (Å²) >= 11 is 0. The third-order valence-corrected chi connectivity index (χ3v) is 5.41. The topological polar surface area (TPSA) is 84.7 Å². The van der Waals surface area contributed by atoms with Crippen molar-refractivity contribution in [2.24, 2.45) is 0 Å². The molecular weight excluding hydrogens is 651 g/mol. The third kappa shape index (κ3) is 6.59. The molecule has 0 atom stereocenters. The number of phenols is 1. The Kier molecular flexibility index (Phi) is 9.13. The van der Waals surface area contributed by atoms with Crippen LogP contribution in [0, 0.1) is 12.1 Å². The van der Waals surface area contributed by atoms with Crippen molar-refractivity contribution in [2.75, 3.05) is 0 Å². The number of benzene rings is 3. The van der Waals surface area contributed by atoms with Gasteiger partial charge in [-0.1, -0.05) is 47.5 Å². The fraction of sp³-hybridized carbons (Fsp3) is 0. The van der Waals surface area contributed by atoms with Crippen LogP contribution in [0.4, 0.5) is 0 Å². The van der Waals surface area contributed by atoms with Gasteiger partial charge in [-0.25, -0.2) is 0 Å². The SMILES string of the molecule is Oc1ccccc1-c1cccc(-c2[c-]cccc2)n1.[Ir].[c-]1c(-c2cccnn2)cccc1-c1cccnn1. The first-order valence-corrected chi connectivity index (χ1v) is 11.6. The maximum Gasteiger partial charge on any atom is 0.124 e. The molecule has 0 fully saturated rings. The van der Waals surface area contributed by atoms with Gasteiger partial charge in [0, 0.05) is 49.5 Å². The van der Waals surface area contributed by atoms with Crippen LogP contribution in [0.5, 0.6) is 5.75 Å². The van der Waals surface area contributed by atoms with Crippen molar-refractivity contribution in [3.05, 3.63) is 134 Å². The van der Waals surface area contributed by atoms with Crippen molar-refractivity contribution in [3.63, 3.8) is 0 Å². The molecule has 1 N–H and O–H groups in total. The second kappa shape index (κ2) is 13.1. The summed E-state index contributed by atoms with van der Waals surface area (Å²) in [5, 5.41) is 25.7. The van der Waals surface area contributed by atoms with E-state index in [1.807, 2.05) is 97.1 Å². The van der Waals surface area contributed by atoms with Crippen LogP contribution < -0.4 is 0 Å². The summed E-state index contributed by atoms with van der Waals surface area (Å²) in [4.78, 5) is 4.58. The van der Waals surface area contributed by atoms with Gasteiger partial charge in [-0.3, -0.25) is 4.98 Å². The Morgan fingerprint density at radius 3 is 1.71 bits per heavy atom. The predicted molar refractivity (Wildman–Crippen MR) is 143 cm³/mol. The molecule has 6 nitrogen and oxygen atoms in total. The Hall–Kier alpha value is -4.58. The van der Waals surface area contributed by atoms with Crippen LogP contribution in [0.25, 0.3) is 45.0 Å². The van der Waals surface area contributed by atoms with E-state index in [0.717, 1.165) is 45.0 Å². The Bertz CT molecular complexity index is 1530. The monoisotopic (exact) mass is 672 g/mol. The summed E-state index contributed by atoms with van der Waals surface area (Å²) in [7, 11) is 0. The van der Waals surface area contributed by atoms with E-state index >= 15 is 0 Å². The molecule has 1 radical (unpaired) electrons. The zero-order valence-corrected chi connectivity index (χ0v) is 22.5. The molecule has 38 heavy (non-hydrogen) atoms. The van der Waals surface area contributed by atoms with Crippen molar-refractivity contribution in [1.29, 1.82) is 0 Å². The molecule has 0 saturated carbocycles. The minimum absolute atomic E-state index is 0. The van der Waals surface area contributed by atoms with Crippen LogP contribution in [0.1, 0.15) is 0 Å². The zero-order valence-electron chi connectivity index (χ0n) is 20.1. The summed E-state index contributed by atoms with van der Waals surface area (Å²) in [6.45, 7) is 0. The van der Waals surface area contributed by atoms with E-state index in [1.54, 1.807) is 24.5 Å². The number of hydrogen-bond acceptors (Lipinski definition) is 6. The summed E-state index contributed by atoms with van der Waals surface area (Å²) in [6, 6.07) is 40.5. The van der Waals surface area contributed by atoms with Gasteiger partial charge in [-0.2, -0.15) is 20.4 Å². The Morgan fingerprint density at radius 2 is 1.11 bits per heavy atom. The maximum atomic E-state index is 9.88. The Morgan fingerprint density at radius 1 is 0.526 bits per heavy atom. The van der Waals surface area contributed by atoms with Gasteiger partial charge in [0.15, 0.2) is 0 Å². The molecule has 3 heterocycles. The smallest absolute Gasteiger partial charge is 0.124 e. The number of rotatable bonds is 4. The second-order valence-corrected chi connectivity index (χ2v) is 7.90. The summed E-state index contributed by atoms with van der Waals surface area (Å²) in [6.07, 6.45) is 3.30. The molecule has 0 aliphatic rings. The molecule has 6 aromatic rings. The quantitative estimate of drug-likeness (QED) is 0.221. The Labute approximate surface area is 234 Å². The molecule has 0 saturated heterocycles. The van der Waals surface area contributed by atoms with E-state index in [0.29, 0.717) is 0 Å². The first kappa shape index (κ1) is 26.5. The molecule has 0 amide bonds. The third-order valence-electron chi connectivity index (χ3n) is 5.41. The van der Waals surface area contributed by atoms with Gasteiger partial charge in [0.1, 0.15) is 5.75 Å². The fourth-order valence-electron chi connectivity index (χ4n) is 3.64. The van der Waals surface area contributed by atoms with Crippen LogP contribution in [-0.2, 0) is 20.1 Å². The maximum absolute atomic E-state index is 9.88. The number of phenolic OH excluding ortho intramolecular Hbond substituents is 1. The van der Waals surface area contributed by atoms with E-state index in [9.17, 15) is 5.11 Å². The molecule has 7 heteroatoms. The van der Waals surface area contributed by atoms with E-state index in [4.69, 9.17) is 0 Å². The molecule has 3 aromatic heterocycles. The average Bonchev–Trinajstić information content (AvgIpc) is 2.99. The second-order valence-electron chi connectivity index (χ2n) is 7.90. The standard InChI is InChI=1S/C17H12NO.C14H9N4.Ir/c19-17-12-5-4-9-14(17)16-11-6-10-15(18-16)13-7-2-1-3-8-13;1-4-11(13-6-2-8-15-17-13)10-12(5-1)14-7-3-9-16-18-14;/h1-7,9-12,19H;1-9H;/q2*-1;. The van der Waals surface area contributed by atoms with Gasteiger partial charge in [-0.15, -0.1) is 60.2 Å². The molecule has 0 bridgehead atoms. The van der Waals surface area contributed by atoms with Gasteiger partial charge in [0.25, 0.3) is 0 Å². The largest absolute Gasteiger partial charge is 0.507 e. The van der Waals surface area contributed by atoms with Crippen LogP contribution in [0.3, 0.4) is 0 Å². The first-order valence-electron chi connectivity index (χ1n) is 11.6. The predicted octanol–water partition coefficient (Wildman–Crippen LogP) is 6.32. The number of hydrogen-bond donors (Lipinski definition) is 1. The normalized spacial score (nSPS) is 10.0.